The average Bonchev–Trinajstić information content (AvgIpc) is 2.38. The van der Waals surface area contributed by atoms with Gasteiger partial charge in [0.25, 0.3) is 0 Å². The predicted octanol–water partition coefficient (Wildman–Crippen LogP) is 4.24. The van der Waals surface area contributed by atoms with E-state index in [1.54, 1.807) is 6.08 Å². The molecule has 17 heavy (non-hydrogen) atoms. The van der Waals surface area contributed by atoms with E-state index in [1.165, 1.54) is 19.3 Å². The lowest BCUT2D eigenvalue weighted by molar-refractivity contribution is -0.124. The summed E-state index contributed by atoms with van der Waals surface area (Å²) < 4.78 is 0. The Bertz CT molecular complexity index is 397. The first kappa shape index (κ1) is 12.1. The van der Waals surface area contributed by atoms with Crippen molar-refractivity contribution in [2.24, 2.45) is 5.41 Å². The molecule has 0 spiro atoms. The van der Waals surface area contributed by atoms with E-state index < -0.39 is 0 Å². The van der Waals surface area contributed by atoms with Crippen molar-refractivity contribution >= 4 is 11.9 Å². The molecule has 90 valence electrons. The molecule has 0 radical (unpaired) electrons. The average molecular weight is 228 g/mol. The third-order valence-corrected chi connectivity index (χ3v) is 3.78. The maximum absolute atomic E-state index is 12.2. The molecular weight excluding hydrogens is 208 g/mol. The molecule has 1 aromatic rings. The molecule has 1 nitrogen and oxygen atoms in total. The predicted molar refractivity (Wildman–Crippen MR) is 71.7 cm³/mol. The third-order valence-electron chi connectivity index (χ3n) is 3.78. The molecule has 0 amide bonds. The first-order chi connectivity index (χ1) is 8.21. The van der Waals surface area contributed by atoms with Crippen LogP contribution in [0, 0.1) is 5.41 Å². The highest BCUT2D eigenvalue weighted by molar-refractivity contribution is 5.97. The molecule has 0 unspecified atom stereocenters. The van der Waals surface area contributed by atoms with Crippen LogP contribution in [0.3, 0.4) is 0 Å². The zero-order valence-corrected chi connectivity index (χ0v) is 10.5. The Morgan fingerprint density at radius 1 is 1.12 bits per heavy atom. The van der Waals surface area contributed by atoms with E-state index in [2.05, 4.69) is 6.92 Å². The van der Waals surface area contributed by atoms with Crippen molar-refractivity contribution in [1.29, 1.82) is 0 Å². The van der Waals surface area contributed by atoms with E-state index >= 15 is 0 Å². The smallest absolute Gasteiger partial charge is 0.161 e. The number of rotatable bonds is 3. The van der Waals surface area contributed by atoms with Crippen LogP contribution in [0.2, 0.25) is 0 Å². The van der Waals surface area contributed by atoms with Crippen LogP contribution in [0.5, 0.6) is 0 Å². The number of allylic oxidation sites excluding steroid dienone is 1. The Kier molecular flexibility index (Phi) is 3.78. The topological polar surface area (TPSA) is 17.1 Å². The van der Waals surface area contributed by atoms with E-state index in [0.29, 0.717) is 5.78 Å². The van der Waals surface area contributed by atoms with Crippen molar-refractivity contribution in [3.63, 3.8) is 0 Å². The van der Waals surface area contributed by atoms with Gasteiger partial charge >= 0.3 is 0 Å². The fourth-order valence-electron chi connectivity index (χ4n) is 2.52. The van der Waals surface area contributed by atoms with Gasteiger partial charge in [-0.3, -0.25) is 4.79 Å². The lowest BCUT2D eigenvalue weighted by atomic mass is 9.72. The molecule has 1 heteroatoms. The fraction of sp³-hybridized carbons (Fsp3) is 0.438. The first-order valence-electron chi connectivity index (χ1n) is 6.48. The second kappa shape index (κ2) is 5.31. The van der Waals surface area contributed by atoms with Crippen LogP contribution >= 0.6 is 0 Å². The Labute approximate surface area is 104 Å². The molecule has 1 aliphatic carbocycles. The third kappa shape index (κ3) is 3.06. The molecular formula is C16H20O. The minimum absolute atomic E-state index is 0.108. The summed E-state index contributed by atoms with van der Waals surface area (Å²) in [6, 6.07) is 10.0. The molecule has 0 heterocycles. The van der Waals surface area contributed by atoms with Gasteiger partial charge in [0, 0.05) is 5.41 Å². The zero-order valence-electron chi connectivity index (χ0n) is 10.5. The van der Waals surface area contributed by atoms with Crippen molar-refractivity contribution in [2.75, 3.05) is 0 Å². The van der Waals surface area contributed by atoms with E-state index in [-0.39, 0.29) is 5.41 Å². The molecule has 0 aromatic heterocycles. The molecule has 1 fully saturated rings. The van der Waals surface area contributed by atoms with Gasteiger partial charge in [0.1, 0.15) is 0 Å². The van der Waals surface area contributed by atoms with Crippen molar-refractivity contribution in [3.8, 4) is 0 Å². The summed E-state index contributed by atoms with van der Waals surface area (Å²) in [6.45, 7) is 2.11. The molecule has 0 aliphatic heterocycles. The Morgan fingerprint density at radius 3 is 2.41 bits per heavy atom. The maximum atomic E-state index is 12.2. The van der Waals surface area contributed by atoms with Gasteiger partial charge in [-0.25, -0.2) is 0 Å². The monoisotopic (exact) mass is 228 g/mol. The number of benzene rings is 1. The van der Waals surface area contributed by atoms with Gasteiger partial charge < -0.3 is 0 Å². The van der Waals surface area contributed by atoms with Gasteiger partial charge in [-0.05, 0) is 24.5 Å². The van der Waals surface area contributed by atoms with Crippen LogP contribution in [0.15, 0.2) is 36.4 Å². The van der Waals surface area contributed by atoms with Crippen molar-refractivity contribution in [3.05, 3.63) is 42.0 Å². The lowest BCUT2D eigenvalue weighted by Gasteiger charge is -2.30. The highest BCUT2D eigenvalue weighted by Crippen LogP contribution is 2.36. The molecule has 0 saturated heterocycles. The van der Waals surface area contributed by atoms with Crippen LogP contribution in [0.25, 0.3) is 6.08 Å². The summed E-state index contributed by atoms with van der Waals surface area (Å²) in [7, 11) is 0. The van der Waals surface area contributed by atoms with Crippen LogP contribution < -0.4 is 0 Å². The lowest BCUT2D eigenvalue weighted by Crippen LogP contribution is -2.28. The number of hydrogen-bond acceptors (Lipinski definition) is 1. The van der Waals surface area contributed by atoms with Gasteiger partial charge in [0.15, 0.2) is 5.78 Å². The van der Waals surface area contributed by atoms with E-state index in [9.17, 15) is 4.79 Å². The standard InChI is InChI=1S/C16H20O/c1-16(12-6-3-7-13-16)15(17)11-10-14-8-4-2-5-9-14/h2,4-5,8-11H,3,6-7,12-13H2,1H3/b11-10-. The van der Waals surface area contributed by atoms with Gasteiger partial charge in [0.2, 0.25) is 0 Å². The maximum Gasteiger partial charge on any atom is 0.161 e. The van der Waals surface area contributed by atoms with E-state index in [0.717, 1.165) is 18.4 Å². The van der Waals surface area contributed by atoms with Crippen molar-refractivity contribution < 1.29 is 4.79 Å². The largest absolute Gasteiger partial charge is 0.294 e. The van der Waals surface area contributed by atoms with Crippen LogP contribution in [-0.4, -0.2) is 5.78 Å². The van der Waals surface area contributed by atoms with Crippen LogP contribution in [-0.2, 0) is 4.79 Å². The number of carbonyl (C=O) groups excluding carboxylic acids is 1. The minimum Gasteiger partial charge on any atom is -0.294 e. The summed E-state index contributed by atoms with van der Waals surface area (Å²) >= 11 is 0. The van der Waals surface area contributed by atoms with E-state index in [4.69, 9.17) is 0 Å². The SMILES string of the molecule is CC1(C(=O)/C=C\c2ccccc2)CCCCC1. The molecule has 1 aliphatic rings. The minimum atomic E-state index is -0.108. The van der Waals surface area contributed by atoms with Crippen LogP contribution in [0.1, 0.15) is 44.6 Å². The number of carbonyl (C=O) groups is 1. The molecule has 0 bridgehead atoms. The molecule has 2 rings (SSSR count). The summed E-state index contributed by atoms with van der Waals surface area (Å²) in [5.74, 6) is 0.293. The molecule has 1 saturated carbocycles. The summed E-state index contributed by atoms with van der Waals surface area (Å²) in [6.07, 6.45) is 9.47. The summed E-state index contributed by atoms with van der Waals surface area (Å²) in [4.78, 5) is 12.2. The van der Waals surface area contributed by atoms with Crippen molar-refractivity contribution in [2.45, 2.75) is 39.0 Å². The fourth-order valence-corrected chi connectivity index (χ4v) is 2.52. The Morgan fingerprint density at radius 2 is 1.76 bits per heavy atom. The normalized spacial score (nSPS) is 19.4. The first-order valence-corrected chi connectivity index (χ1v) is 6.48. The summed E-state index contributed by atoms with van der Waals surface area (Å²) in [5, 5.41) is 0. The highest BCUT2D eigenvalue weighted by Gasteiger charge is 2.32. The number of hydrogen-bond donors (Lipinski definition) is 0. The second-order valence-corrected chi connectivity index (χ2v) is 5.23. The quantitative estimate of drug-likeness (QED) is 0.707. The molecule has 0 atom stereocenters. The van der Waals surface area contributed by atoms with Gasteiger partial charge in [0.05, 0.1) is 0 Å². The Hall–Kier alpha value is -1.37. The zero-order chi connectivity index (χ0) is 12.1. The van der Waals surface area contributed by atoms with Crippen molar-refractivity contribution in [1.82, 2.24) is 0 Å². The van der Waals surface area contributed by atoms with E-state index in [1.807, 2.05) is 36.4 Å². The number of ketones is 1. The summed E-state index contributed by atoms with van der Waals surface area (Å²) in [5.41, 5.74) is 0.990. The highest BCUT2D eigenvalue weighted by atomic mass is 16.1. The van der Waals surface area contributed by atoms with Gasteiger partial charge in [-0.2, -0.15) is 0 Å². The van der Waals surface area contributed by atoms with Gasteiger partial charge in [-0.15, -0.1) is 0 Å². The molecule has 1 aromatic carbocycles. The molecule has 0 N–H and O–H groups in total. The van der Waals surface area contributed by atoms with Crippen LogP contribution in [0.4, 0.5) is 0 Å². The van der Waals surface area contributed by atoms with Gasteiger partial charge in [-0.1, -0.05) is 62.6 Å². The second-order valence-electron chi connectivity index (χ2n) is 5.23. The Balaban J connectivity index is 2.03.